The molecule has 1 aliphatic heterocycles. The lowest BCUT2D eigenvalue weighted by Gasteiger charge is -2.17. The fourth-order valence-electron chi connectivity index (χ4n) is 3.17. The zero-order chi connectivity index (χ0) is 12.3. The highest BCUT2D eigenvalue weighted by atomic mass is 19.4. The molecule has 1 aromatic carbocycles. The summed E-state index contributed by atoms with van der Waals surface area (Å²) in [5, 5.41) is 0. The lowest BCUT2D eigenvalue weighted by Crippen LogP contribution is -2.22. The Morgan fingerprint density at radius 1 is 1.24 bits per heavy atom. The number of hydrogen-bond acceptors (Lipinski definition) is 1. The van der Waals surface area contributed by atoms with Crippen LogP contribution in [0.4, 0.5) is 13.2 Å². The molecule has 92 valence electrons. The molecule has 0 radical (unpaired) electrons. The monoisotopic (exact) mass is 241 g/mol. The van der Waals surface area contributed by atoms with Gasteiger partial charge in [-0.05, 0) is 37.1 Å². The first-order valence-corrected chi connectivity index (χ1v) is 5.78. The van der Waals surface area contributed by atoms with Gasteiger partial charge in [-0.3, -0.25) is 0 Å². The number of likely N-dealkylation sites (tertiary alicyclic amines) is 1. The second-order valence-corrected chi connectivity index (χ2v) is 5.33. The molecule has 2 aliphatic rings. The lowest BCUT2D eigenvalue weighted by molar-refractivity contribution is -0.137. The average molecular weight is 241 g/mol. The largest absolute Gasteiger partial charge is 0.416 e. The van der Waals surface area contributed by atoms with E-state index in [0.717, 1.165) is 25.1 Å². The highest BCUT2D eigenvalue weighted by Gasteiger charge is 2.59. The van der Waals surface area contributed by atoms with Crippen molar-refractivity contribution in [2.75, 3.05) is 20.1 Å². The molecule has 0 spiro atoms. The summed E-state index contributed by atoms with van der Waals surface area (Å²) in [6.45, 7) is 2.05. The summed E-state index contributed by atoms with van der Waals surface area (Å²) in [5.41, 5.74) is 0.667. The molecule has 0 amide bonds. The molecule has 2 atom stereocenters. The van der Waals surface area contributed by atoms with Gasteiger partial charge < -0.3 is 4.90 Å². The third-order valence-corrected chi connectivity index (χ3v) is 4.10. The van der Waals surface area contributed by atoms with Crippen LogP contribution in [0.3, 0.4) is 0 Å². The van der Waals surface area contributed by atoms with Crippen LogP contribution in [0.1, 0.15) is 17.5 Å². The van der Waals surface area contributed by atoms with Crippen molar-refractivity contribution in [3.05, 3.63) is 35.4 Å². The Morgan fingerprint density at radius 3 is 2.35 bits per heavy atom. The molecule has 1 aliphatic carbocycles. The van der Waals surface area contributed by atoms with E-state index in [1.165, 1.54) is 12.1 Å². The molecular weight excluding hydrogens is 227 g/mol. The van der Waals surface area contributed by atoms with Gasteiger partial charge in [-0.2, -0.15) is 13.2 Å². The molecule has 0 unspecified atom stereocenters. The van der Waals surface area contributed by atoms with E-state index in [2.05, 4.69) is 11.9 Å². The minimum Gasteiger partial charge on any atom is -0.305 e. The predicted molar refractivity (Wildman–Crippen MR) is 58.7 cm³/mol. The van der Waals surface area contributed by atoms with E-state index in [9.17, 15) is 13.2 Å². The first kappa shape index (κ1) is 11.1. The van der Waals surface area contributed by atoms with E-state index in [0.29, 0.717) is 5.92 Å². The number of rotatable bonds is 1. The van der Waals surface area contributed by atoms with Crippen molar-refractivity contribution in [1.82, 2.24) is 4.90 Å². The van der Waals surface area contributed by atoms with Gasteiger partial charge >= 0.3 is 6.18 Å². The second kappa shape index (κ2) is 3.25. The number of likely N-dealkylation sites (N-methyl/N-ethyl adjacent to an activating group) is 1. The number of hydrogen-bond donors (Lipinski definition) is 0. The maximum atomic E-state index is 12.5. The van der Waals surface area contributed by atoms with E-state index >= 15 is 0 Å². The molecule has 3 rings (SSSR count). The first-order chi connectivity index (χ1) is 7.92. The summed E-state index contributed by atoms with van der Waals surface area (Å²) in [4.78, 5) is 2.26. The van der Waals surface area contributed by atoms with Gasteiger partial charge in [0.1, 0.15) is 0 Å². The molecule has 1 nitrogen and oxygen atoms in total. The van der Waals surface area contributed by atoms with Crippen molar-refractivity contribution in [1.29, 1.82) is 0 Å². The van der Waals surface area contributed by atoms with Crippen LogP contribution in [0.25, 0.3) is 0 Å². The Labute approximate surface area is 98.2 Å². The summed E-state index contributed by atoms with van der Waals surface area (Å²) in [6.07, 6.45) is -3.10. The number of benzene rings is 1. The van der Waals surface area contributed by atoms with Gasteiger partial charge in [-0.15, -0.1) is 0 Å². The van der Waals surface area contributed by atoms with Gasteiger partial charge in [0.05, 0.1) is 5.56 Å². The molecule has 17 heavy (non-hydrogen) atoms. The smallest absolute Gasteiger partial charge is 0.305 e. The fraction of sp³-hybridized carbons (Fsp3) is 0.538. The molecule has 2 fully saturated rings. The highest BCUT2D eigenvalue weighted by Crippen LogP contribution is 2.58. The van der Waals surface area contributed by atoms with Crippen molar-refractivity contribution in [3.8, 4) is 0 Å². The summed E-state index contributed by atoms with van der Waals surface area (Å²) < 4.78 is 37.4. The van der Waals surface area contributed by atoms with Gasteiger partial charge in [-0.1, -0.05) is 12.1 Å². The van der Waals surface area contributed by atoms with Crippen LogP contribution >= 0.6 is 0 Å². The maximum Gasteiger partial charge on any atom is 0.416 e. The fourth-order valence-corrected chi connectivity index (χ4v) is 3.17. The van der Waals surface area contributed by atoms with Crippen molar-refractivity contribution in [2.45, 2.75) is 18.0 Å². The van der Waals surface area contributed by atoms with Crippen molar-refractivity contribution < 1.29 is 13.2 Å². The highest BCUT2D eigenvalue weighted by molar-refractivity contribution is 5.39. The number of alkyl halides is 3. The van der Waals surface area contributed by atoms with Crippen molar-refractivity contribution in [3.63, 3.8) is 0 Å². The van der Waals surface area contributed by atoms with Gasteiger partial charge in [0.25, 0.3) is 0 Å². The molecule has 0 bridgehead atoms. The Hall–Kier alpha value is -1.03. The topological polar surface area (TPSA) is 3.24 Å². The van der Waals surface area contributed by atoms with Crippen LogP contribution in [0.15, 0.2) is 24.3 Å². The molecule has 0 aromatic heterocycles. The SMILES string of the molecule is CN1C[C@@H]2C[C@]2(c2ccc(C(F)(F)F)cc2)C1. The average Bonchev–Trinajstić information content (AvgIpc) is 2.82. The molecule has 1 heterocycles. The lowest BCUT2D eigenvalue weighted by atomic mass is 9.94. The van der Waals surface area contributed by atoms with Gasteiger partial charge in [-0.25, -0.2) is 0 Å². The molecular formula is C13H14F3N. The number of nitrogens with zero attached hydrogens (tertiary/aromatic N) is 1. The Kier molecular flexibility index (Phi) is 2.12. The van der Waals surface area contributed by atoms with Gasteiger partial charge in [0, 0.05) is 18.5 Å². The summed E-state index contributed by atoms with van der Waals surface area (Å²) in [7, 11) is 2.07. The summed E-state index contributed by atoms with van der Waals surface area (Å²) in [6, 6.07) is 5.72. The number of fused-ring (bicyclic) bond motifs is 1. The van der Waals surface area contributed by atoms with Crippen molar-refractivity contribution in [2.24, 2.45) is 5.92 Å². The molecule has 4 heteroatoms. The standard InChI is InChI=1S/C13H14F3N/c1-17-7-11-6-12(11,8-17)9-2-4-10(5-3-9)13(14,15)16/h2-5,11H,6-8H2,1H3/t11-,12+/m0/s1. The minimum atomic E-state index is -4.23. The van der Waals surface area contributed by atoms with E-state index < -0.39 is 11.7 Å². The molecule has 1 saturated carbocycles. The Morgan fingerprint density at radius 2 is 1.88 bits per heavy atom. The third-order valence-electron chi connectivity index (χ3n) is 4.10. The van der Waals surface area contributed by atoms with Gasteiger partial charge in [0.2, 0.25) is 0 Å². The number of halogens is 3. The van der Waals surface area contributed by atoms with E-state index in [1.54, 1.807) is 12.1 Å². The van der Waals surface area contributed by atoms with E-state index in [4.69, 9.17) is 0 Å². The van der Waals surface area contributed by atoms with Crippen LogP contribution in [0.5, 0.6) is 0 Å². The Balaban J connectivity index is 1.87. The van der Waals surface area contributed by atoms with Crippen molar-refractivity contribution >= 4 is 0 Å². The predicted octanol–water partition coefficient (Wildman–Crippen LogP) is 2.91. The zero-order valence-corrected chi connectivity index (χ0v) is 9.59. The zero-order valence-electron chi connectivity index (χ0n) is 9.59. The van der Waals surface area contributed by atoms with Crippen LogP contribution in [-0.4, -0.2) is 25.0 Å². The molecule has 0 N–H and O–H groups in total. The Bertz CT molecular complexity index is 437. The maximum absolute atomic E-state index is 12.5. The quantitative estimate of drug-likeness (QED) is 0.730. The molecule has 1 aromatic rings. The number of piperidine rings is 1. The van der Waals surface area contributed by atoms with Gasteiger partial charge in [0.15, 0.2) is 0 Å². The normalized spacial score (nSPS) is 32.6. The van der Waals surface area contributed by atoms with E-state index in [1.807, 2.05) is 0 Å². The first-order valence-electron chi connectivity index (χ1n) is 5.78. The van der Waals surface area contributed by atoms with Crippen LogP contribution < -0.4 is 0 Å². The molecule has 1 saturated heterocycles. The summed E-state index contributed by atoms with van der Waals surface area (Å²) in [5.74, 6) is 0.643. The second-order valence-electron chi connectivity index (χ2n) is 5.33. The minimum absolute atomic E-state index is 0.152. The summed E-state index contributed by atoms with van der Waals surface area (Å²) >= 11 is 0. The van der Waals surface area contributed by atoms with E-state index in [-0.39, 0.29) is 5.41 Å². The van der Waals surface area contributed by atoms with Crippen LogP contribution in [0.2, 0.25) is 0 Å². The van der Waals surface area contributed by atoms with Crippen LogP contribution in [0, 0.1) is 5.92 Å². The van der Waals surface area contributed by atoms with Crippen LogP contribution in [-0.2, 0) is 11.6 Å². The third kappa shape index (κ3) is 1.66.